The third-order valence-corrected chi connectivity index (χ3v) is 5.61. The summed E-state index contributed by atoms with van der Waals surface area (Å²) in [5, 5.41) is 8.70. The predicted molar refractivity (Wildman–Crippen MR) is 132 cm³/mol. The van der Waals surface area contributed by atoms with Crippen molar-refractivity contribution in [1.82, 2.24) is 5.32 Å². The molecule has 0 unspecified atom stereocenters. The molecular weight excluding hydrogens is 474 g/mol. The molecule has 0 atom stereocenters. The zero-order valence-corrected chi connectivity index (χ0v) is 19.3. The zero-order chi connectivity index (χ0) is 22.2. The quantitative estimate of drug-likeness (QED) is 0.397. The van der Waals surface area contributed by atoms with Crippen LogP contribution in [0.1, 0.15) is 27.9 Å². The van der Waals surface area contributed by atoms with E-state index in [-0.39, 0.29) is 16.9 Å². The van der Waals surface area contributed by atoms with Gasteiger partial charge in [-0.25, -0.2) is 0 Å². The molecule has 0 fully saturated rings. The molecule has 0 saturated heterocycles. The summed E-state index contributed by atoms with van der Waals surface area (Å²) in [4.78, 5) is 24.6. The summed E-state index contributed by atoms with van der Waals surface area (Å²) in [7, 11) is 0. The minimum atomic E-state index is -0.302. The number of thiocarbonyl (C=S) groups is 1. The maximum atomic E-state index is 12.4. The summed E-state index contributed by atoms with van der Waals surface area (Å²) in [6.45, 7) is 1.95. The summed E-state index contributed by atoms with van der Waals surface area (Å²) < 4.78 is 0.856. The Balaban J connectivity index is 1.53. The maximum Gasteiger partial charge on any atom is 0.257 e. The lowest BCUT2D eigenvalue weighted by atomic mass is 10.1. The van der Waals surface area contributed by atoms with Crippen LogP contribution < -0.4 is 16.0 Å². The molecule has 0 aliphatic heterocycles. The van der Waals surface area contributed by atoms with Crippen LogP contribution in [-0.2, 0) is 11.2 Å². The van der Waals surface area contributed by atoms with Crippen molar-refractivity contribution < 1.29 is 9.59 Å². The normalized spacial score (nSPS) is 10.3. The summed E-state index contributed by atoms with van der Waals surface area (Å²) in [6.07, 6.45) is 1.07. The van der Waals surface area contributed by atoms with Crippen LogP contribution in [-0.4, -0.2) is 16.9 Å². The van der Waals surface area contributed by atoms with Gasteiger partial charge in [-0.3, -0.25) is 14.9 Å². The first kappa shape index (κ1) is 22.7. The molecule has 0 spiro atoms. The van der Waals surface area contributed by atoms with Crippen molar-refractivity contribution in [2.45, 2.75) is 19.8 Å². The van der Waals surface area contributed by atoms with Crippen molar-refractivity contribution in [1.29, 1.82) is 0 Å². The van der Waals surface area contributed by atoms with Crippen LogP contribution in [0.3, 0.4) is 0 Å². The second kappa shape index (κ2) is 10.8. The Labute approximate surface area is 195 Å². The second-order valence-electron chi connectivity index (χ2n) is 6.99. The number of hydrogen-bond acceptors (Lipinski definition) is 3. The van der Waals surface area contributed by atoms with E-state index >= 15 is 0 Å². The standard InChI is InChI=1S/C24H22BrN3O2S/c1-16-10-12-18(14-21(16)25)23(30)28-24(31)27-20-9-5-8-19(15-20)26-22(29)13-11-17-6-3-2-4-7-17/h2-10,12,14-15H,11,13H2,1H3,(H,26,29)(H2,27,28,30,31). The lowest BCUT2D eigenvalue weighted by Crippen LogP contribution is -2.34. The summed E-state index contributed by atoms with van der Waals surface area (Å²) in [5.74, 6) is -0.370. The largest absolute Gasteiger partial charge is 0.332 e. The number of carbonyl (C=O) groups is 2. The number of nitrogens with one attached hydrogen (secondary N) is 3. The van der Waals surface area contributed by atoms with Gasteiger partial charge in [0.05, 0.1) is 0 Å². The molecule has 0 aliphatic rings. The van der Waals surface area contributed by atoms with E-state index in [1.807, 2.05) is 43.3 Å². The minimum Gasteiger partial charge on any atom is -0.332 e. The lowest BCUT2D eigenvalue weighted by Gasteiger charge is -2.12. The molecule has 158 valence electrons. The average Bonchev–Trinajstić information content (AvgIpc) is 2.75. The fraction of sp³-hybridized carbons (Fsp3) is 0.125. The van der Waals surface area contributed by atoms with E-state index in [0.717, 1.165) is 15.6 Å². The smallest absolute Gasteiger partial charge is 0.257 e. The first-order valence-corrected chi connectivity index (χ1v) is 10.9. The van der Waals surface area contributed by atoms with Crippen LogP contribution in [0, 0.1) is 6.92 Å². The van der Waals surface area contributed by atoms with Crippen LogP contribution in [0.2, 0.25) is 0 Å². The van der Waals surface area contributed by atoms with E-state index in [2.05, 4.69) is 31.9 Å². The second-order valence-corrected chi connectivity index (χ2v) is 8.25. The van der Waals surface area contributed by atoms with Crippen molar-refractivity contribution in [3.63, 3.8) is 0 Å². The van der Waals surface area contributed by atoms with Crippen LogP contribution in [0.4, 0.5) is 11.4 Å². The van der Waals surface area contributed by atoms with Crippen LogP contribution in [0.25, 0.3) is 0 Å². The maximum absolute atomic E-state index is 12.4. The predicted octanol–water partition coefficient (Wildman–Crippen LogP) is 5.46. The summed E-state index contributed by atoms with van der Waals surface area (Å²) in [5.41, 5.74) is 3.98. The first-order valence-electron chi connectivity index (χ1n) is 9.73. The molecule has 31 heavy (non-hydrogen) atoms. The minimum absolute atomic E-state index is 0.0677. The van der Waals surface area contributed by atoms with Crippen LogP contribution in [0.5, 0.6) is 0 Å². The molecule has 3 aromatic carbocycles. The third kappa shape index (κ3) is 7.01. The highest BCUT2D eigenvalue weighted by Gasteiger charge is 2.10. The number of amides is 2. The molecule has 0 aliphatic carbocycles. The van der Waals surface area contributed by atoms with Crippen molar-refractivity contribution in [3.8, 4) is 0 Å². The van der Waals surface area contributed by atoms with Gasteiger partial charge in [0.1, 0.15) is 0 Å². The van der Waals surface area contributed by atoms with Gasteiger partial charge in [0.25, 0.3) is 5.91 Å². The van der Waals surface area contributed by atoms with Gasteiger partial charge < -0.3 is 10.6 Å². The molecule has 7 heteroatoms. The Kier molecular flexibility index (Phi) is 7.92. The lowest BCUT2D eigenvalue weighted by molar-refractivity contribution is -0.116. The number of halogens is 1. The molecule has 3 aromatic rings. The number of rotatable bonds is 6. The van der Waals surface area contributed by atoms with Gasteiger partial charge in [-0.2, -0.15) is 0 Å². The highest BCUT2D eigenvalue weighted by Crippen LogP contribution is 2.18. The average molecular weight is 496 g/mol. The van der Waals surface area contributed by atoms with E-state index in [1.54, 1.807) is 36.4 Å². The highest BCUT2D eigenvalue weighted by atomic mass is 79.9. The number of anilines is 2. The topological polar surface area (TPSA) is 70.2 Å². The van der Waals surface area contributed by atoms with E-state index < -0.39 is 0 Å². The molecule has 2 amide bonds. The summed E-state index contributed by atoms with van der Waals surface area (Å²) in [6, 6.07) is 22.4. The first-order chi connectivity index (χ1) is 14.9. The molecular formula is C24H22BrN3O2S. The fourth-order valence-electron chi connectivity index (χ4n) is 2.87. The van der Waals surface area contributed by atoms with Crippen LogP contribution in [0.15, 0.2) is 77.3 Å². The van der Waals surface area contributed by atoms with E-state index in [0.29, 0.717) is 29.8 Å². The fourth-order valence-corrected chi connectivity index (χ4v) is 3.46. The number of aryl methyl sites for hydroxylation is 2. The summed E-state index contributed by atoms with van der Waals surface area (Å²) >= 11 is 8.68. The van der Waals surface area contributed by atoms with E-state index in [1.165, 1.54) is 0 Å². The Hall–Kier alpha value is -3.03. The van der Waals surface area contributed by atoms with Gasteiger partial charge in [0, 0.05) is 27.8 Å². The molecule has 5 nitrogen and oxygen atoms in total. The Morgan fingerprint density at radius 3 is 2.32 bits per heavy atom. The Morgan fingerprint density at radius 2 is 1.61 bits per heavy atom. The molecule has 0 aromatic heterocycles. The van der Waals surface area contributed by atoms with E-state index in [9.17, 15) is 9.59 Å². The van der Waals surface area contributed by atoms with Crippen molar-refractivity contribution in [3.05, 3.63) is 94.0 Å². The molecule has 3 rings (SSSR count). The van der Waals surface area contributed by atoms with Crippen molar-refractivity contribution >= 4 is 56.4 Å². The molecule has 0 saturated carbocycles. The molecule has 0 bridgehead atoms. The SMILES string of the molecule is Cc1ccc(C(=O)NC(=S)Nc2cccc(NC(=O)CCc3ccccc3)c2)cc1Br. The highest BCUT2D eigenvalue weighted by molar-refractivity contribution is 9.10. The molecule has 0 heterocycles. The monoisotopic (exact) mass is 495 g/mol. The number of hydrogen-bond donors (Lipinski definition) is 3. The van der Waals surface area contributed by atoms with Gasteiger partial charge in [-0.15, -0.1) is 0 Å². The van der Waals surface area contributed by atoms with E-state index in [4.69, 9.17) is 12.2 Å². The van der Waals surface area contributed by atoms with Gasteiger partial charge in [0.15, 0.2) is 5.11 Å². The number of carbonyl (C=O) groups excluding carboxylic acids is 2. The Bertz CT molecular complexity index is 1100. The van der Waals surface area contributed by atoms with Crippen LogP contribution >= 0.6 is 28.1 Å². The van der Waals surface area contributed by atoms with Gasteiger partial charge in [-0.05, 0) is 67.0 Å². The Morgan fingerprint density at radius 1 is 0.903 bits per heavy atom. The number of benzene rings is 3. The zero-order valence-electron chi connectivity index (χ0n) is 16.9. The van der Waals surface area contributed by atoms with Crippen molar-refractivity contribution in [2.24, 2.45) is 0 Å². The van der Waals surface area contributed by atoms with Gasteiger partial charge in [0.2, 0.25) is 5.91 Å². The van der Waals surface area contributed by atoms with Gasteiger partial charge in [-0.1, -0.05) is 58.4 Å². The molecule has 0 radical (unpaired) electrons. The molecule has 3 N–H and O–H groups in total. The van der Waals surface area contributed by atoms with Crippen molar-refractivity contribution in [2.75, 3.05) is 10.6 Å². The third-order valence-electron chi connectivity index (χ3n) is 4.55. The van der Waals surface area contributed by atoms with Gasteiger partial charge >= 0.3 is 0 Å².